The molecule has 1 rings (SSSR count). The Bertz CT molecular complexity index is 420. The Kier molecular flexibility index (Phi) is 7.79. The highest BCUT2D eigenvalue weighted by Crippen LogP contribution is 2.14. The molecule has 1 unspecified atom stereocenters. The molecule has 0 bridgehead atoms. The van der Waals surface area contributed by atoms with Gasteiger partial charge in [0.2, 0.25) is 0 Å². The van der Waals surface area contributed by atoms with Gasteiger partial charge in [0.1, 0.15) is 5.84 Å². The molecular weight excluding hydrogens is 264 g/mol. The first-order valence-corrected chi connectivity index (χ1v) is 7.49. The van der Waals surface area contributed by atoms with Gasteiger partial charge < -0.3 is 21.2 Å². The van der Waals surface area contributed by atoms with E-state index in [0.717, 1.165) is 25.1 Å². The Morgan fingerprint density at radius 2 is 2.00 bits per heavy atom. The fourth-order valence-electron chi connectivity index (χ4n) is 2.11. The Morgan fingerprint density at radius 3 is 2.57 bits per heavy atom. The van der Waals surface area contributed by atoms with Crippen LogP contribution in [0.2, 0.25) is 0 Å². The van der Waals surface area contributed by atoms with Crippen molar-refractivity contribution in [2.45, 2.75) is 32.2 Å². The smallest absolute Gasteiger partial charge is 0.147 e. The SMILES string of the molecule is CC(C)N(C)CCCNCC(/C(N)=N/O)c1ccccc1. The third-order valence-electron chi connectivity index (χ3n) is 3.77. The number of benzene rings is 1. The minimum atomic E-state index is -0.0981. The van der Waals surface area contributed by atoms with Crippen molar-refractivity contribution in [2.75, 3.05) is 26.7 Å². The molecule has 0 aromatic heterocycles. The lowest BCUT2D eigenvalue weighted by Gasteiger charge is -2.21. The van der Waals surface area contributed by atoms with E-state index in [1.165, 1.54) is 0 Å². The minimum Gasteiger partial charge on any atom is -0.409 e. The summed E-state index contributed by atoms with van der Waals surface area (Å²) >= 11 is 0. The Balaban J connectivity index is 2.42. The molecule has 0 aliphatic carbocycles. The van der Waals surface area contributed by atoms with Gasteiger partial charge in [0, 0.05) is 12.6 Å². The molecular formula is C16H28N4O. The van der Waals surface area contributed by atoms with E-state index in [4.69, 9.17) is 10.9 Å². The molecule has 4 N–H and O–H groups in total. The summed E-state index contributed by atoms with van der Waals surface area (Å²) in [5.41, 5.74) is 6.86. The van der Waals surface area contributed by atoms with Crippen LogP contribution in [0, 0.1) is 0 Å². The van der Waals surface area contributed by atoms with Gasteiger partial charge in [0.15, 0.2) is 0 Å². The number of rotatable bonds is 9. The number of nitrogens with one attached hydrogen (secondary N) is 1. The average molecular weight is 292 g/mol. The van der Waals surface area contributed by atoms with Crippen LogP contribution in [0.1, 0.15) is 31.7 Å². The van der Waals surface area contributed by atoms with E-state index in [9.17, 15) is 0 Å². The molecule has 1 atom stereocenters. The molecule has 1 aromatic carbocycles. The zero-order chi connectivity index (χ0) is 15.7. The molecule has 0 spiro atoms. The minimum absolute atomic E-state index is 0.0981. The Hall–Kier alpha value is -1.59. The van der Waals surface area contributed by atoms with Crippen molar-refractivity contribution in [3.05, 3.63) is 35.9 Å². The predicted molar refractivity (Wildman–Crippen MR) is 87.8 cm³/mol. The standard InChI is InChI=1S/C16H28N4O/c1-13(2)20(3)11-7-10-18-12-15(16(17)19-21)14-8-5-4-6-9-14/h4-6,8-9,13,15,18,21H,7,10-12H2,1-3H3,(H2,17,19). The second-order valence-corrected chi connectivity index (χ2v) is 5.62. The first-order valence-electron chi connectivity index (χ1n) is 7.49. The molecule has 5 nitrogen and oxygen atoms in total. The summed E-state index contributed by atoms with van der Waals surface area (Å²) in [4.78, 5) is 2.32. The van der Waals surface area contributed by atoms with Crippen molar-refractivity contribution in [3.63, 3.8) is 0 Å². The number of hydrogen-bond acceptors (Lipinski definition) is 4. The predicted octanol–water partition coefficient (Wildman–Crippen LogP) is 1.84. The van der Waals surface area contributed by atoms with Crippen molar-refractivity contribution in [3.8, 4) is 0 Å². The van der Waals surface area contributed by atoms with Gasteiger partial charge in [-0.15, -0.1) is 0 Å². The Morgan fingerprint density at radius 1 is 1.33 bits per heavy atom. The van der Waals surface area contributed by atoms with Gasteiger partial charge >= 0.3 is 0 Å². The maximum atomic E-state index is 8.93. The van der Waals surface area contributed by atoms with Crippen LogP contribution in [0.3, 0.4) is 0 Å². The third kappa shape index (κ3) is 6.14. The summed E-state index contributed by atoms with van der Waals surface area (Å²) in [6.07, 6.45) is 1.08. The summed E-state index contributed by atoms with van der Waals surface area (Å²) < 4.78 is 0. The molecule has 0 fully saturated rings. The molecule has 0 aliphatic heterocycles. The van der Waals surface area contributed by atoms with Gasteiger partial charge in [0.05, 0.1) is 5.92 Å². The fraction of sp³-hybridized carbons (Fsp3) is 0.562. The molecule has 21 heavy (non-hydrogen) atoms. The van der Waals surface area contributed by atoms with Crippen LogP contribution in [-0.2, 0) is 0 Å². The normalized spacial score (nSPS) is 13.9. The second kappa shape index (κ2) is 9.37. The maximum absolute atomic E-state index is 8.93. The lowest BCUT2D eigenvalue weighted by atomic mass is 9.98. The van der Waals surface area contributed by atoms with Crippen LogP contribution in [0.4, 0.5) is 0 Å². The quantitative estimate of drug-likeness (QED) is 0.213. The number of hydrogen-bond donors (Lipinski definition) is 3. The zero-order valence-electron chi connectivity index (χ0n) is 13.3. The number of nitrogens with zero attached hydrogens (tertiary/aromatic N) is 2. The van der Waals surface area contributed by atoms with Crippen molar-refractivity contribution >= 4 is 5.84 Å². The van der Waals surface area contributed by atoms with E-state index in [0.29, 0.717) is 12.6 Å². The van der Waals surface area contributed by atoms with Crippen LogP contribution in [0.25, 0.3) is 0 Å². The van der Waals surface area contributed by atoms with Crippen LogP contribution < -0.4 is 11.1 Å². The topological polar surface area (TPSA) is 73.9 Å². The van der Waals surface area contributed by atoms with Gasteiger partial charge in [-0.25, -0.2) is 0 Å². The summed E-state index contributed by atoms with van der Waals surface area (Å²) in [6.45, 7) is 7.03. The van der Waals surface area contributed by atoms with Crippen molar-refractivity contribution in [2.24, 2.45) is 10.9 Å². The molecule has 0 saturated heterocycles. The zero-order valence-corrected chi connectivity index (χ0v) is 13.3. The summed E-state index contributed by atoms with van der Waals surface area (Å²) in [5.74, 6) is 0.145. The van der Waals surface area contributed by atoms with E-state index < -0.39 is 0 Å². The number of amidine groups is 1. The summed E-state index contributed by atoms with van der Waals surface area (Å²) in [7, 11) is 2.13. The lowest BCUT2D eigenvalue weighted by Crippen LogP contribution is -2.34. The fourth-order valence-corrected chi connectivity index (χ4v) is 2.11. The third-order valence-corrected chi connectivity index (χ3v) is 3.77. The lowest BCUT2D eigenvalue weighted by molar-refractivity contribution is 0.269. The summed E-state index contributed by atoms with van der Waals surface area (Å²) in [5, 5.41) is 15.5. The molecule has 0 saturated carbocycles. The highest BCUT2D eigenvalue weighted by molar-refractivity contribution is 5.87. The first kappa shape index (κ1) is 17.5. The first-order chi connectivity index (χ1) is 10.1. The van der Waals surface area contributed by atoms with E-state index >= 15 is 0 Å². The molecule has 0 radical (unpaired) electrons. The van der Waals surface area contributed by atoms with Crippen LogP contribution >= 0.6 is 0 Å². The molecule has 118 valence electrons. The maximum Gasteiger partial charge on any atom is 0.147 e. The van der Waals surface area contributed by atoms with Gasteiger partial charge in [-0.2, -0.15) is 0 Å². The van der Waals surface area contributed by atoms with Crippen LogP contribution in [0.5, 0.6) is 0 Å². The van der Waals surface area contributed by atoms with E-state index in [1.54, 1.807) is 0 Å². The van der Waals surface area contributed by atoms with Crippen LogP contribution in [-0.4, -0.2) is 48.7 Å². The van der Waals surface area contributed by atoms with Gasteiger partial charge in [-0.05, 0) is 46.0 Å². The Labute approximate surface area is 127 Å². The van der Waals surface area contributed by atoms with E-state index in [-0.39, 0.29) is 11.8 Å². The molecule has 1 aromatic rings. The van der Waals surface area contributed by atoms with E-state index in [1.807, 2.05) is 30.3 Å². The highest BCUT2D eigenvalue weighted by Gasteiger charge is 2.15. The number of oxime groups is 1. The van der Waals surface area contributed by atoms with E-state index in [2.05, 4.69) is 36.3 Å². The number of nitrogens with two attached hydrogens (primary N) is 1. The van der Waals surface area contributed by atoms with Gasteiger partial charge in [-0.3, -0.25) is 0 Å². The summed E-state index contributed by atoms with van der Waals surface area (Å²) in [6, 6.07) is 10.4. The highest BCUT2D eigenvalue weighted by atomic mass is 16.4. The van der Waals surface area contributed by atoms with Gasteiger partial charge in [-0.1, -0.05) is 35.5 Å². The monoisotopic (exact) mass is 292 g/mol. The largest absolute Gasteiger partial charge is 0.409 e. The molecule has 0 amide bonds. The van der Waals surface area contributed by atoms with Crippen molar-refractivity contribution in [1.82, 2.24) is 10.2 Å². The second-order valence-electron chi connectivity index (χ2n) is 5.62. The molecule has 0 heterocycles. The van der Waals surface area contributed by atoms with Crippen molar-refractivity contribution < 1.29 is 5.21 Å². The van der Waals surface area contributed by atoms with Crippen molar-refractivity contribution in [1.29, 1.82) is 0 Å². The molecule has 5 heteroatoms. The van der Waals surface area contributed by atoms with Gasteiger partial charge in [0.25, 0.3) is 0 Å². The molecule has 0 aliphatic rings. The van der Waals surface area contributed by atoms with Crippen LogP contribution in [0.15, 0.2) is 35.5 Å². The average Bonchev–Trinajstić information content (AvgIpc) is 2.50.